The van der Waals surface area contributed by atoms with E-state index in [0.29, 0.717) is 32.1 Å². The number of nitrogens with zero attached hydrogens (tertiary/aromatic N) is 2. The van der Waals surface area contributed by atoms with Gasteiger partial charge in [0, 0.05) is 30.6 Å². The van der Waals surface area contributed by atoms with Crippen LogP contribution in [0.15, 0.2) is 66.2 Å². The number of carboxylic acid groups (broad SMARTS) is 1. The molecule has 0 spiro atoms. The molecule has 2 unspecified atom stereocenters. The van der Waals surface area contributed by atoms with Crippen LogP contribution in [0, 0.1) is 5.92 Å². The van der Waals surface area contributed by atoms with Crippen LogP contribution in [0.25, 0.3) is 0 Å². The molecule has 1 amide bonds. The molecule has 4 rings (SSSR count). The van der Waals surface area contributed by atoms with E-state index in [4.69, 9.17) is 9.47 Å². The lowest BCUT2D eigenvalue weighted by Crippen LogP contribution is -2.46. The number of hydrogen-bond acceptors (Lipinski definition) is 5. The summed E-state index contributed by atoms with van der Waals surface area (Å²) in [6, 6.07) is 17.8. The number of benzene rings is 2. The van der Waals surface area contributed by atoms with Crippen molar-refractivity contribution in [1.82, 2.24) is 9.88 Å². The second-order valence-corrected chi connectivity index (χ2v) is 9.01. The van der Waals surface area contributed by atoms with E-state index < -0.39 is 6.09 Å². The number of aromatic nitrogens is 1. The first-order valence-corrected chi connectivity index (χ1v) is 11.8. The number of rotatable bonds is 9. The van der Waals surface area contributed by atoms with Crippen LogP contribution < -0.4 is 9.47 Å². The van der Waals surface area contributed by atoms with E-state index in [9.17, 15) is 9.90 Å². The van der Waals surface area contributed by atoms with Gasteiger partial charge in [0.15, 0.2) is 0 Å². The molecule has 7 heteroatoms. The Morgan fingerprint density at radius 3 is 2.53 bits per heavy atom. The molecule has 0 bridgehead atoms. The van der Waals surface area contributed by atoms with Gasteiger partial charge in [-0.05, 0) is 55.0 Å². The van der Waals surface area contributed by atoms with E-state index in [1.165, 1.54) is 0 Å². The SMILES string of the molecule is O=C(O)N1CCC(CCOc2ccc(OCc3ccccc3)cc2)CC1Cc1nccs1. The maximum atomic E-state index is 11.6. The van der Waals surface area contributed by atoms with Gasteiger partial charge in [-0.1, -0.05) is 30.3 Å². The summed E-state index contributed by atoms with van der Waals surface area (Å²) < 4.78 is 11.8. The molecule has 0 radical (unpaired) electrons. The molecule has 168 valence electrons. The van der Waals surface area contributed by atoms with Crippen molar-refractivity contribution in [3.63, 3.8) is 0 Å². The summed E-state index contributed by atoms with van der Waals surface area (Å²) >= 11 is 1.58. The average molecular weight is 453 g/mol. The molecular formula is C25H28N2O4S. The Balaban J connectivity index is 1.22. The quantitative estimate of drug-likeness (QED) is 0.465. The number of ether oxygens (including phenoxy) is 2. The first-order valence-electron chi connectivity index (χ1n) is 10.9. The van der Waals surface area contributed by atoms with Crippen molar-refractivity contribution < 1.29 is 19.4 Å². The van der Waals surface area contributed by atoms with Gasteiger partial charge in [0.1, 0.15) is 18.1 Å². The third-order valence-electron chi connectivity index (χ3n) is 5.83. The van der Waals surface area contributed by atoms with Crippen molar-refractivity contribution in [1.29, 1.82) is 0 Å². The van der Waals surface area contributed by atoms with Gasteiger partial charge < -0.3 is 19.5 Å². The van der Waals surface area contributed by atoms with Gasteiger partial charge >= 0.3 is 6.09 Å². The second kappa shape index (κ2) is 11.0. The van der Waals surface area contributed by atoms with Gasteiger partial charge in [-0.3, -0.25) is 0 Å². The largest absolute Gasteiger partial charge is 0.494 e. The second-order valence-electron chi connectivity index (χ2n) is 8.03. The maximum Gasteiger partial charge on any atom is 0.407 e. The van der Waals surface area contributed by atoms with Crippen LogP contribution in [0.5, 0.6) is 11.5 Å². The lowest BCUT2D eigenvalue weighted by Gasteiger charge is -2.37. The van der Waals surface area contributed by atoms with Crippen molar-refractivity contribution in [3.05, 3.63) is 76.7 Å². The van der Waals surface area contributed by atoms with Gasteiger partial charge in [-0.25, -0.2) is 9.78 Å². The molecule has 1 fully saturated rings. The molecule has 6 nitrogen and oxygen atoms in total. The molecule has 1 saturated heterocycles. The highest BCUT2D eigenvalue weighted by Gasteiger charge is 2.32. The molecular weight excluding hydrogens is 424 g/mol. The molecule has 2 atom stereocenters. The van der Waals surface area contributed by atoms with Crippen LogP contribution in [0.1, 0.15) is 29.8 Å². The Bertz CT molecular complexity index is 963. The fraction of sp³-hybridized carbons (Fsp3) is 0.360. The average Bonchev–Trinajstić information content (AvgIpc) is 3.32. The van der Waals surface area contributed by atoms with Gasteiger partial charge in [0.2, 0.25) is 0 Å². The van der Waals surface area contributed by atoms with Gasteiger partial charge in [0.05, 0.1) is 11.6 Å². The summed E-state index contributed by atoms with van der Waals surface area (Å²) in [7, 11) is 0. The molecule has 1 aliphatic heterocycles. The minimum Gasteiger partial charge on any atom is -0.494 e. The number of piperidine rings is 1. The maximum absolute atomic E-state index is 11.6. The molecule has 0 saturated carbocycles. The predicted octanol–water partition coefficient (Wildman–Crippen LogP) is 5.49. The van der Waals surface area contributed by atoms with Crippen molar-refractivity contribution in [2.24, 2.45) is 5.92 Å². The first kappa shape index (κ1) is 22.1. The highest BCUT2D eigenvalue weighted by molar-refractivity contribution is 7.09. The Labute approximate surface area is 192 Å². The number of likely N-dealkylation sites (tertiary alicyclic amines) is 1. The molecule has 3 aromatic rings. The summed E-state index contributed by atoms with van der Waals surface area (Å²) in [4.78, 5) is 17.5. The fourth-order valence-electron chi connectivity index (χ4n) is 4.11. The number of amides is 1. The van der Waals surface area contributed by atoms with Crippen LogP contribution in [0.3, 0.4) is 0 Å². The fourth-order valence-corrected chi connectivity index (χ4v) is 4.80. The molecule has 1 aromatic heterocycles. The third-order valence-corrected chi connectivity index (χ3v) is 6.63. The number of carbonyl (C=O) groups is 1. The number of hydrogen-bond donors (Lipinski definition) is 1. The Kier molecular flexibility index (Phi) is 7.61. The van der Waals surface area contributed by atoms with E-state index in [1.807, 2.05) is 60.0 Å². The van der Waals surface area contributed by atoms with E-state index >= 15 is 0 Å². The van der Waals surface area contributed by atoms with Crippen molar-refractivity contribution in [2.75, 3.05) is 13.2 Å². The van der Waals surface area contributed by atoms with E-state index in [0.717, 1.165) is 41.3 Å². The zero-order valence-electron chi connectivity index (χ0n) is 17.9. The molecule has 2 aromatic carbocycles. The van der Waals surface area contributed by atoms with E-state index in [-0.39, 0.29) is 6.04 Å². The lowest BCUT2D eigenvalue weighted by atomic mass is 9.87. The minimum atomic E-state index is -0.837. The van der Waals surface area contributed by atoms with E-state index in [1.54, 1.807) is 22.4 Å². The summed E-state index contributed by atoms with van der Waals surface area (Å²) in [5, 5.41) is 12.5. The monoisotopic (exact) mass is 452 g/mol. The standard InChI is InChI=1S/C25H28N2O4S/c28-25(29)27-13-10-19(16-21(27)17-24-26-12-15-32-24)11-14-30-22-6-8-23(9-7-22)31-18-20-4-2-1-3-5-20/h1-9,12,15,19,21H,10-11,13-14,16-18H2,(H,28,29). The minimum absolute atomic E-state index is 0.0153. The van der Waals surface area contributed by atoms with Crippen LogP contribution in [0.2, 0.25) is 0 Å². The van der Waals surface area contributed by atoms with Gasteiger partial charge in [-0.15, -0.1) is 11.3 Å². The highest BCUT2D eigenvalue weighted by atomic mass is 32.1. The van der Waals surface area contributed by atoms with Crippen molar-refractivity contribution in [2.45, 2.75) is 38.3 Å². The van der Waals surface area contributed by atoms with Gasteiger partial charge in [-0.2, -0.15) is 0 Å². The Morgan fingerprint density at radius 1 is 1.09 bits per heavy atom. The normalized spacial score (nSPS) is 18.3. The summed E-state index contributed by atoms with van der Waals surface area (Å²) in [5.41, 5.74) is 1.13. The summed E-state index contributed by atoms with van der Waals surface area (Å²) in [6.45, 7) is 1.73. The van der Waals surface area contributed by atoms with Crippen LogP contribution in [-0.2, 0) is 13.0 Å². The van der Waals surface area contributed by atoms with Gasteiger partial charge in [0.25, 0.3) is 0 Å². The molecule has 32 heavy (non-hydrogen) atoms. The third kappa shape index (κ3) is 6.23. The van der Waals surface area contributed by atoms with Crippen molar-refractivity contribution in [3.8, 4) is 11.5 Å². The zero-order valence-corrected chi connectivity index (χ0v) is 18.7. The summed E-state index contributed by atoms with van der Waals surface area (Å²) in [6.07, 6.45) is 4.25. The zero-order chi connectivity index (χ0) is 22.2. The topological polar surface area (TPSA) is 71.9 Å². The smallest absolute Gasteiger partial charge is 0.407 e. The molecule has 0 aliphatic carbocycles. The Morgan fingerprint density at radius 2 is 1.84 bits per heavy atom. The van der Waals surface area contributed by atoms with E-state index in [2.05, 4.69) is 4.98 Å². The first-order chi connectivity index (χ1) is 15.7. The Hall–Kier alpha value is -3.06. The molecule has 1 aliphatic rings. The highest BCUT2D eigenvalue weighted by Crippen LogP contribution is 2.29. The van der Waals surface area contributed by atoms with Crippen LogP contribution in [0.4, 0.5) is 4.79 Å². The molecule has 2 heterocycles. The molecule has 1 N–H and O–H groups in total. The van der Waals surface area contributed by atoms with Crippen molar-refractivity contribution >= 4 is 17.4 Å². The number of thiazole rings is 1. The lowest BCUT2D eigenvalue weighted by molar-refractivity contribution is 0.0842. The summed E-state index contributed by atoms with van der Waals surface area (Å²) in [5.74, 6) is 2.08. The predicted molar refractivity (Wildman–Crippen MR) is 124 cm³/mol. The van der Waals surface area contributed by atoms with Crippen LogP contribution in [-0.4, -0.2) is 40.3 Å². The van der Waals surface area contributed by atoms with Crippen LogP contribution >= 0.6 is 11.3 Å².